The number of carbonyl (C=O) groups is 1. The number of aromatic nitrogens is 2. The van der Waals surface area contributed by atoms with Crippen molar-refractivity contribution in [1.82, 2.24) is 14.5 Å². The van der Waals surface area contributed by atoms with Gasteiger partial charge in [-0.05, 0) is 63.0 Å². The van der Waals surface area contributed by atoms with Crippen LogP contribution < -0.4 is 16.2 Å². The van der Waals surface area contributed by atoms with E-state index in [0.29, 0.717) is 18.6 Å². The maximum Gasteiger partial charge on any atom is 0.328 e. The number of para-hydroxylation sites is 2. The molecule has 2 aliphatic carbocycles. The SMILES string of the molecule is C[C@H]1C[C@@H](n2c(=O)c(N3C[C@@H](N)[C@H]3C(=O)O)nc3ccccc32)CCN1C1C[C@H]2CCC[C@@H](C1)C2. The van der Waals surface area contributed by atoms with E-state index in [0.717, 1.165) is 42.3 Å². The van der Waals surface area contributed by atoms with Gasteiger partial charge in [-0.1, -0.05) is 31.4 Å². The molecule has 3 heterocycles. The Labute approximate surface area is 206 Å². The summed E-state index contributed by atoms with van der Waals surface area (Å²) in [6.07, 6.45) is 10.1. The molecule has 7 atom stereocenters. The Morgan fingerprint density at radius 1 is 1.06 bits per heavy atom. The summed E-state index contributed by atoms with van der Waals surface area (Å²) in [5.41, 5.74) is 7.33. The number of benzene rings is 1. The Morgan fingerprint density at radius 3 is 2.49 bits per heavy atom. The lowest BCUT2D eigenvalue weighted by Gasteiger charge is -2.49. The molecular formula is C27H37N5O3. The van der Waals surface area contributed by atoms with Crippen LogP contribution in [0.4, 0.5) is 5.82 Å². The monoisotopic (exact) mass is 479 g/mol. The Balaban J connectivity index is 1.30. The lowest BCUT2D eigenvalue weighted by Crippen LogP contribution is -2.69. The van der Waals surface area contributed by atoms with Gasteiger partial charge in [0.1, 0.15) is 6.04 Å². The number of fused-ring (bicyclic) bond motifs is 3. The zero-order chi connectivity index (χ0) is 24.3. The largest absolute Gasteiger partial charge is 0.480 e. The Bertz CT molecular complexity index is 1170. The summed E-state index contributed by atoms with van der Waals surface area (Å²) < 4.78 is 1.91. The van der Waals surface area contributed by atoms with Crippen LogP contribution in [0.25, 0.3) is 11.0 Å². The summed E-state index contributed by atoms with van der Waals surface area (Å²) in [6.45, 7) is 3.65. The second-order valence-electron chi connectivity index (χ2n) is 11.5. The van der Waals surface area contributed by atoms with Crippen molar-refractivity contribution < 1.29 is 9.90 Å². The van der Waals surface area contributed by atoms with Gasteiger partial charge in [-0.25, -0.2) is 9.78 Å². The van der Waals surface area contributed by atoms with Crippen molar-refractivity contribution in [1.29, 1.82) is 0 Å². The second-order valence-corrected chi connectivity index (χ2v) is 11.5. The first-order valence-corrected chi connectivity index (χ1v) is 13.4. The molecule has 2 bridgehead atoms. The number of rotatable bonds is 4. The van der Waals surface area contributed by atoms with E-state index >= 15 is 0 Å². The average molecular weight is 480 g/mol. The van der Waals surface area contributed by atoms with Gasteiger partial charge in [0.25, 0.3) is 5.56 Å². The predicted molar refractivity (Wildman–Crippen MR) is 136 cm³/mol. The van der Waals surface area contributed by atoms with Crippen molar-refractivity contribution in [3.63, 3.8) is 0 Å². The smallest absolute Gasteiger partial charge is 0.328 e. The van der Waals surface area contributed by atoms with E-state index in [9.17, 15) is 14.7 Å². The molecule has 35 heavy (non-hydrogen) atoms. The van der Waals surface area contributed by atoms with Crippen molar-refractivity contribution >= 4 is 22.8 Å². The highest BCUT2D eigenvalue weighted by Gasteiger charge is 2.45. The maximum atomic E-state index is 13.8. The summed E-state index contributed by atoms with van der Waals surface area (Å²) in [5.74, 6) is 1.01. The third kappa shape index (κ3) is 3.95. The molecule has 1 aromatic heterocycles. The molecule has 1 unspecified atom stereocenters. The Morgan fingerprint density at radius 2 is 1.80 bits per heavy atom. The molecule has 0 radical (unpaired) electrons. The molecule has 4 aliphatic rings. The molecule has 4 fully saturated rings. The van der Waals surface area contributed by atoms with Crippen molar-refractivity contribution in [2.45, 2.75) is 88.5 Å². The van der Waals surface area contributed by atoms with Crippen LogP contribution in [0.2, 0.25) is 0 Å². The van der Waals surface area contributed by atoms with Crippen LogP contribution in [0.1, 0.15) is 64.3 Å². The van der Waals surface area contributed by atoms with E-state index in [1.807, 2.05) is 28.8 Å². The molecule has 0 spiro atoms. The van der Waals surface area contributed by atoms with Crippen LogP contribution in [0.3, 0.4) is 0 Å². The molecule has 8 heteroatoms. The summed E-state index contributed by atoms with van der Waals surface area (Å²) >= 11 is 0. The number of likely N-dealkylation sites (tertiary alicyclic amines) is 1. The third-order valence-electron chi connectivity index (χ3n) is 9.29. The molecule has 0 amide bonds. The van der Waals surface area contributed by atoms with E-state index in [1.54, 1.807) is 4.90 Å². The van der Waals surface area contributed by atoms with E-state index in [1.165, 1.54) is 38.5 Å². The average Bonchev–Trinajstić information content (AvgIpc) is 2.81. The zero-order valence-electron chi connectivity index (χ0n) is 20.6. The van der Waals surface area contributed by atoms with Gasteiger partial charge in [0.2, 0.25) is 0 Å². The van der Waals surface area contributed by atoms with Crippen LogP contribution in [0.15, 0.2) is 29.1 Å². The maximum absolute atomic E-state index is 13.8. The van der Waals surface area contributed by atoms with Gasteiger partial charge in [-0.3, -0.25) is 9.69 Å². The van der Waals surface area contributed by atoms with Gasteiger partial charge in [0.05, 0.1) is 17.1 Å². The van der Waals surface area contributed by atoms with Crippen molar-refractivity contribution in [2.24, 2.45) is 17.6 Å². The third-order valence-corrected chi connectivity index (χ3v) is 9.29. The van der Waals surface area contributed by atoms with Gasteiger partial charge < -0.3 is 20.3 Å². The highest BCUT2D eigenvalue weighted by molar-refractivity contribution is 5.83. The molecular weight excluding hydrogens is 442 g/mol. The van der Waals surface area contributed by atoms with E-state index in [2.05, 4.69) is 16.8 Å². The minimum absolute atomic E-state index is 0.0710. The van der Waals surface area contributed by atoms with Gasteiger partial charge in [-0.15, -0.1) is 0 Å². The molecule has 3 N–H and O–H groups in total. The molecule has 1 aromatic carbocycles. The van der Waals surface area contributed by atoms with Crippen LogP contribution in [0, 0.1) is 11.8 Å². The summed E-state index contributed by atoms with van der Waals surface area (Å²) in [4.78, 5) is 34.5. The molecule has 8 nitrogen and oxygen atoms in total. The predicted octanol–water partition coefficient (Wildman–Crippen LogP) is 2.99. The van der Waals surface area contributed by atoms with Crippen molar-refractivity contribution in [3.8, 4) is 0 Å². The highest BCUT2D eigenvalue weighted by atomic mass is 16.4. The number of aliphatic carboxylic acids is 1. The molecule has 188 valence electrons. The first-order valence-electron chi connectivity index (χ1n) is 13.4. The number of carboxylic acid groups (broad SMARTS) is 1. The molecule has 2 saturated carbocycles. The first kappa shape index (κ1) is 23.0. The standard InChI is InChI=1S/C27H37N5O3/c1-16-11-19(9-10-30(16)20-13-17-5-4-6-18(12-17)14-20)32-23-8-3-2-7-22(23)29-25(26(32)33)31-15-21(28)24(31)27(34)35/h2-3,7-8,16-21,24H,4-6,9-15,28H2,1H3,(H,34,35)/t16-,17-,18+,19-,20?,21+,24-/m0/s1. The van der Waals surface area contributed by atoms with Crippen molar-refractivity contribution in [3.05, 3.63) is 34.6 Å². The highest BCUT2D eigenvalue weighted by Crippen LogP contribution is 2.43. The topological polar surface area (TPSA) is 105 Å². The number of nitrogens with two attached hydrogens (primary N) is 1. The number of hydrogen-bond acceptors (Lipinski definition) is 6. The van der Waals surface area contributed by atoms with Crippen LogP contribution in [-0.4, -0.2) is 62.8 Å². The van der Waals surface area contributed by atoms with E-state index in [4.69, 9.17) is 5.73 Å². The summed E-state index contributed by atoms with van der Waals surface area (Å²) in [7, 11) is 0. The quantitative estimate of drug-likeness (QED) is 0.695. The van der Waals surface area contributed by atoms with Crippen LogP contribution >= 0.6 is 0 Å². The fourth-order valence-electron chi connectivity index (χ4n) is 7.67. The normalized spacial score (nSPS) is 35.6. The minimum Gasteiger partial charge on any atom is -0.480 e. The van der Waals surface area contributed by atoms with Gasteiger partial charge >= 0.3 is 5.97 Å². The number of anilines is 1. The molecule has 2 saturated heterocycles. The molecule has 6 rings (SSSR count). The lowest BCUT2D eigenvalue weighted by atomic mass is 9.69. The Hall–Kier alpha value is -2.45. The van der Waals surface area contributed by atoms with Gasteiger partial charge in [0, 0.05) is 31.2 Å². The zero-order valence-corrected chi connectivity index (χ0v) is 20.6. The van der Waals surface area contributed by atoms with Gasteiger partial charge in [-0.2, -0.15) is 0 Å². The number of hydrogen-bond donors (Lipinski definition) is 2. The summed E-state index contributed by atoms with van der Waals surface area (Å²) in [5, 5.41) is 9.64. The van der Waals surface area contributed by atoms with Crippen molar-refractivity contribution in [2.75, 3.05) is 18.0 Å². The van der Waals surface area contributed by atoms with Crippen LogP contribution in [-0.2, 0) is 4.79 Å². The molecule has 2 aliphatic heterocycles. The minimum atomic E-state index is -1.01. The number of carboxylic acids is 1. The Kier molecular flexibility index (Phi) is 5.84. The number of piperidine rings is 1. The lowest BCUT2D eigenvalue weighted by molar-refractivity contribution is -0.140. The second kappa shape index (κ2) is 8.89. The number of nitrogens with zero attached hydrogens (tertiary/aromatic N) is 4. The van der Waals surface area contributed by atoms with Crippen LogP contribution in [0.5, 0.6) is 0 Å². The summed E-state index contributed by atoms with van der Waals surface area (Å²) in [6, 6.07) is 7.48. The van der Waals surface area contributed by atoms with E-state index in [-0.39, 0.29) is 17.4 Å². The van der Waals surface area contributed by atoms with E-state index < -0.39 is 18.1 Å². The first-order chi connectivity index (χ1) is 16.9. The fourth-order valence-corrected chi connectivity index (χ4v) is 7.67. The van der Waals surface area contributed by atoms with Gasteiger partial charge in [0.15, 0.2) is 5.82 Å². The molecule has 2 aromatic rings. The fraction of sp³-hybridized carbons (Fsp3) is 0.667.